The summed E-state index contributed by atoms with van der Waals surface area (Å²) in [4.78, 5) is 4.53. The van der Waals surface area contributed by atoms with Crippen molar-refractivity contribution < 1.29 is 12.8 Å². The summed E-state index contributed by atoms with van der Waals surface area (Å²) in [5.74, 6) is -0.353. The van der Waals surface area contributed by atoms with E-state index in [2.05, 4.69) is 4.99 Å². The maximum absolute atomic E-state index is 13.3. The Morgan fingerprint density at radius 3 is 2.56 bits per heavy atom. The average Bonchev–Trinajstić information content (AvgIpc) is 2.61. The van der Waals surface area contributed by atoms with E-state index in [1.54, 1.807) is 24.3 Å². The minimum Gasteiger partial charge on any atom is -0.255 e. The number of hydrogen-bond donors (Lipinski definition) is 0. The van der Waals surface area contributed by atoms with Crippen molar-refractivity contribution in [2.45, 2.75) is 31.1 Å². The van der Waals surface area contributed by atoms with Crippen molar-refractivity contribution >= 4 is 21.9 Å². The van der Waals surface area contributed by atoms with Gasteiger partial charge in [0.15, 0.2) is 0 Å². The molecule has 0 aliphatic carbocycles. The zero-order valence-electron chi connectivity index (χ0n) is 14.2. The van der Waals surface area contributed by atoms with Gasteiger partial charge in [0.2, 0.25) is 10.0 Å². The molecule has 2 aromatic carbocycles. The quantitative estimate of drug-likeness (QED) is 0.772. The molecule has 132 valence electrons. The maximum Gasteiger partial charge on any atom is 0.245 e. The van der Waals surface area contributed by atoms with Crippen molar-refractivity contribution in [2.24, 2.45) is 4.99 Å². The lowest BCUT2D eigenvalue weighted by Gasteiger charge is -2.26. The van der Waals surface area contributed by atoms with E-state index in [9.17, 15) is 12.8 Å². The van der Waals surface area contributed by atoms with Crippen LogP contribution in [0.5, 0.6) is 0 Å². The molecule has 1 aliphatic heterocycles. The third-order valence-corrected chi connectivity index (χ3v) is 6.18. The van der Waals surface area contributed by atoms with Crippen molar-refractivity contribution in [3.8, 4) is 0 Å². The Labute approximate surface area is 148 Å². The van der Waals surface area contributed by atoms with Crippen LogP contribution in [0.4, 0.5) is 10.1 Å². The highest BCUT2D eigenvalue weighted by Crippen LogP contribution is 2.30. The summed E-state index contributed by atoms with van der Waals surface area (Å²) in [6.07, 6.45) is 4.31. The number of sulfonamides is 1. The second-order valence-corrected chi connectivity index (χ2v) is 8.16. The van der Waals surface area contributed by atoms with Crippen molar-refractivity contribution in [1.82, 2.24) is 4.31 Å². The van der Waals surface area contributed by atoms with Gasteiger partial charge in [-0.15, -0.1) is 0 Å². The van der Waals surface area contributed by atoms with E-state index in [4.69, 9.17) is 0 Å². The standard InChI is InChI=1S/C19H21FN2O2S/c1-15-8-9-18(21-14-16-6-5-7-17(20)13-16)19(12-15)25(23,24)22-10-3-2-4-11-22/h5-9,12-14H,2-4,10-11H2,1H3. The Balaban J connectivity index is 1.98. The van der Waals surface area contributed by atoms with Crippen LogP contribution in [0.15, 0.2) is 52.4 Å². The molecule has 4 nitrogen and oxygen atoms in total. The molecular formula is C19H21FN2O2S. The Bertz CT molecular complexity index is 888. The molecule has 0 bridgehead atoms. The third kappa shape index (κ3) is 4.14. The number of aliphatic imine (C=N–C) groups is 1. The third-order valence-electron chi connectivity index (χ3n) is 4.25. The van der Waals surface area contributed by atoms with Crippen LogP contribution in [0, 0.1) is 12.7 Å². The second kappa shape index (κ2) is 7.45. The van der Waals surface area contributed by atoms with Crippen molar-refractivity contribution in [3.63, 3.8) is 0 Å². The van der Waals surface area contributed by atoms with Gasteiger partial charge in [0.25, 0.3) is 0 Å². The first-order valence-electron chi connectivity index (χ1n) is 8.37. The zero-order valence-corrected chi connectivity index (χ0v) is 15.0. The van der Waals surface area contributed by atoms with E-state index in [-0.39, 0.29) is 10.7 Å². The molecule has 0 radical (unpaired) electrons. The molecule has 0 N–H and O–H groups in total. The van der Waals surface area contributed by atoms with Gasteiger partial charge in [0.05, 0.1) is 5.69 Å². The summed E-state index contributed by atoms with van der Waals surface area (Å²) in [6.45, 7) is 2.95. The Morgan fingerprint density at radius 2 is 1.84 bits per heavy atom. The Morgan fingerprint density at radius 1 is 1.08 bits per heavy atom. The first kappa shape index (κ1) is 17.8. The van der Waals surface area contributed by atoms with Crippen LogP contribution in [0.1, 0.15) is 30.4 Å². The van der Waals surface area contributed by atoms with Gasteiger partial charge >= 0.3 is 0 Å². The minimum absolute atomic E-state index is 0.210. The van der Waals surface area contributed by atoms with E-state index in [0.717, 1.165) is 24.8 Å². The summed E-state index contributed by atoms with van der Waals surface area (Å²) in [6, 6.07) is 11.2. The number of piperidine rings is 1. The fraction of sp³-hybridized carbons (Fsp3) is 0.316. The Hall–Kier alpha value is -2.05. The molecule has 0 aromatic heterocycles. The molecule has 1 fully saturated rings. The normalized spacial score (nSPS) is 16.4. The lowest BCUT2D eigenvalue weighted by Crippen LogP contribution is -2.35. The van der Waals surface area contributed by atoms with E-state index < -0.39 is 10.0 Å². The van der Waals surface area contributed by atoms with E-state index in [1.165, 1.54) is 22.7 Å². The van der Waals surface area contributed by atoms with Gasteiger partial charge in [0.1, 0.15) is 10.7 Å². The van der Waals surface area contributed by atoms with Gasteiger partial charge in [0, 0.05) is 19.3 Å². The topological polar surface area (TPSA) is 49.7 Å². The maximum atomic E-state index is 13.3. The molecular weight excluding hydrogens is 339 g/mol. The molecule has 2 aromatic rings. The van der Waals surface area contributed by atoms with Gasteiger partial charge in [-0.25, -0.2) is 12.8 Å². The fourth-order valence-corrected chi connectivity index (χ4v) is 4.65. The monoisotopic (exact) mass is 360 g/mol. The zero-order chi connectivity index (χ0) is 17.9. The largest absolute Gasteiger partial charge is 0.255 e. The van der Waals surface area contributed by atoms with Gasteiger partial charge in [-0.05, 0) is 55.2 Å². The van der Waals surface area contributed by atoms with Gasteiger partial charge in [-0.3, -0.25) is 4.99 Å². The number of halogens is 1. The van der Waals surface area contributed by atoms with E-state index in [0.29, 0.717) is 24.3 Å². The number of nitrogens with zero attached hydrogens (tertiary/aromatic N) is 2. The first-order valence-corrected chi connectivity index (χ1v) is 9.81. The van der Waals surface area contributed by atoms with Crippen molar-refractivity contribution in [1.29, 1.82) is 0 Å². The Kier molecular flexibility index (Phi) is 5.30. The number of benzene rings is 2. The minimum atomic E-state index is -3.58. The van der Waals surface area contributed by atoms with E-state index in [1.807, 2.05) is 13.0 Å². The summed E-state index contributed by atoms with van der Waals surface area (Å²) >= 11 is 0. The number of hydrogen-bond acceptors (Lipinski definition) is 3. The summed E-state index contributed by atoms with van der Waals surface area (Å²) < 4.78 is 40.9. The second-order valence-electron chi connectivity index (χ2n) is 6.25. The van der Waals surface area contributed by atoms with Crippen LogP contribution in [0.2, 0.25) is 0 Å². The molecule has 0 unspecified atom stereocenters. The fourth-order valence-electron chi connectivity index (χ4n) is 2.91. The molecule has 0 amide bonds. The van der Waals surface area contributed by atoms with Crippen LogP contribution in [-0.2, 0) is 10.0 Å². The van der Waals surface area contributed by atoms with Crippen molar-refractivity contribution in [3.05, 3.63) is 59.4 Å². The highest BCUT2D eigenvalue weighted by molar-refractivity contribution is 7.89. The number of aryl methyl sites for hydroxylation is 1. The predicted molar refractivity (Wildman–Crippen MR) is 97.4 cm³/mol. The van der Waals surface area contributed by atoms with Gasteiger partial charge in [-0.1, -0.05) is 24.6 Å². The molecule has 25 heavy (non-hydrogen) atoms. The van der Waals surface area contributed by atoms with Gasteiger partial charge in [-0.2, -0.15) is 4.31 Å². The molecule has 0 atom stereocenters. The summed E-state index contributed by atoms with van der Waals surface area (Å²) in [7, 11) is -3.58. The molecule has 0 spiro atoms. The summed E-state index contributed by atoms with van der Waals surface area (Å²) in [5, 5.41) is 0. The van der Waals surface area contributed by atoms with Crippen LogP contribution in [0.3, 0.4) is 0 Å². The molecule has 6 heteroatoms. The highest BCUT2D eigenvalue weighted by Gasteiger charge is 2.28. The van der Waals surface area contributed by atoms with Crippen LogP contribution < -0.4 is 0 Å². The van der Waals surface area contributed by atoms with Crippen molar-refractivity contribution in [2.75, 3.05) is 13.1 Å². The van der Waals surface area contributed by atoms with Crippen LogP contribution in [-0.4, -0.2) is 32.0 Å². The highest BCUT2D eigenvalue weighted by atomic mass is 32.2. The van der Waals surface area contributed by atoms with Crippen LogP contribution in [0.25, 0.3) is 0 Å². The molecule has 1 saturated heterocycles. The SMILES string of the molecule is Cc1ccc(N=Cc2cccc(F)c2)c(S(=O)(=O)N2CCCCC2)c1. The summed E-state index contributed by atoms with van der Waals surface area (Å²) in [5.41, 5.74) is 1.82. The van der Waals surface area contributed by atoms with Crippen LogP contribution >= 0.6 is 0 Å². The predicted octanol–water partition coefficient (Wildman–Crippen LogP) is 4.06. The van der Waals surface area contributed by atoms with Gasteiger partial charge < -0.3 is 0 Å². The molecule has 1 aliphatic rings. The molecule has 3 rings (SSSR count). The molecule has 0 saturated carbocycles. The first-order chi connectivity index (χ1) is 12.0. The molecule has 1 heterocycles. The lowest BCUT2D eigenvalue weighted by molar-refractivity contribution is 0.347. The smallest absolute Gasteiger partial charge is 0.245 e. The number of rotatable bonds is 4. The average molecular weight is 360 g/mol. The lowest BCUT2D eigenvalue weighted by atomic mass is 10.2. The van der Waals surface area contributed by atoms with E-state index >= 15 is 0 Å².